The molecular formula is C11H13FO3. The van der Waals surface area contributed by atoms with Crippen LogP contribution in [0, 0.1) is 5.82 Å². The fourth-order valence-electron chi connectivity index (χ4n) is 1.62. The second-order valence-electron chi connectivity index (χ2n) is 3.51. The van der Waals surface area contributed by atoms with Gasteiger partial charge in [0.2, 0.25) is 0 Å². The Bertz CT molecular complexity index is 363. The van der Waals surface area contributed by atoms with E-state index in [9.17, 15) is 9.50 Å². The molecule has 0 saturated heterocycles. The number of aliphatic hydroxyl groups is 1. The molecule has 1 aromatic rings. The first-order valence-electron chi connectivity index (χ1n) is 4.96. The van der Waals surface area contributed by atoms with E-state index in [0.29, 0.717) is 24.7 Å². The molecule has 1 unspecified atom stereocenters. The second-order valence-corrected chi connectivity index (χ2v) is 3.51. The van der Waals surface area contributed by atoms with Gasteiger partial charge in [0.25, 0.3) is 0 Å². The van der Waals surface area contributed by atoms with E-state index in [0.717, 1.165) is 6.42 Å². The molecule has 0 spiro atoms. The number of hydrogen-bond donors (Lipinski definition) is 1. The number of aliphatic hydroxyl groups excluding tert-OH is 1. The summed E-state index contributed by atoms with van der Waals surface area (Å²) in [5, 5.41) is 9.48. The van der Waals surface area contributed by atoms with Crippen molar-refractivity contribution in [1.82, 2.24) is 0 Å². The molecule has 0 amide bonds. The molecule has 0 bridgehead atoms. The van der Waals surface area contributed by atoms with E-state index < -0.39 is 11.9 Å². The predicted molar refractivity (Wildman–Crippen MR) is 52.6 cm³/mol. The van der Waals surface area contributed by atoms with Crippen LogP contribution in [0.2, 0.25) is 0 Å². The number of ether oxygens (including phenoxy) is 2. The summed E-state index contributed by atoms with van der Waals surface area (Å²) >= 11 is 0. The summed E-state index contributed by atoms with van der Waals surface area (Å²) in [7, 11) is 0. The third-order valence-electron chi connectivity index (χ3n) is 2.32. The Kier molecular flexibility index (Phi) is 2.77. The van der Waals surface area contributed by atoms with Crippen molar-refractivity contribution in [3.05, 3.63) is 23.5 Å². The molecule has 0 radical (unpaired) electrons. The van der Waals surface area contributed by atoms with Crippen LogP contribution in [0.3, 0.4) is 0 Å². The highest BCUT2D eigenvalue weighted by molar-refractivity contribution is 5.48. The predicted octanol–water partition coefficient (Wildman–Crippen LogP) is 2.04. The van der Waals surface area contributed by atoms with Crippen molar-refractivity contribution in [3.63, 3.8) is 0 Å². The summed E-state index contributed by atoms with van der Waals surface area (Å²) in [5.74, 6) is 0.376. The van der Waals surface area contributed by atoms with E-state index in [1.807, 2.05) is 0 Å². The van der Waals surface area contributed by atoms with Gasteiger partial charge in [-0.2, -0.15) is 0 Å². The minimum absolute atomic E-state index is 0.175. The summed E-state index contributed by atoms with van der Waals surface area (Å²) in [4.78, 5) is 0. The SMILES string of the molecule is CC(O)c1c(F)ccc2c1OCCCO2. The van der Waals surface area contributed by atoms with E-state index in [2.05, 4.69) is 0 Å². The summed E-state index contributed by atoms with van der Waals surface area (Å²) in [6.07, 6.45) is -0.142. The molecule has 1 aliphatic rings. The zero-order valence-electron chi connectivity index (χ0n) is 8.50. The third kappa shape index (κ3) is 1.90. The van der Waals surface area contributed by atoms with Gasteiger partial charge in [-0.15, -0.1) is 0 Å². The van der Waals surface area contributed by atoms with E-state index in [1.165, 1.54) is 19.1 Å². The van der Waals surface area contributed by atoms with Crippen LogP contribution in [-0.4, -0.2) is 18.3 Å². The molecule has 3 nitrogen and oxygen atoms in total. The van der Waals surface area contributed by atoms with Crippen LogP contribution in [0.25, 0.3) is 0 Å². The van der Waals surface area contributed by atoms with E-state index in [1.54, 1.807) is 0 Å². The van der Waals surface area contributed by atoms with Gasteiger partial charge in [0.05, 0.1) is 24.9 Å². The molecule has 1 aliphatic heterocycles. The van der Waals surface area contributed by atoms with Crippen molar-refractivity contribution in [2.24, 2.45) is 0 Å². The van der Waals surface area contributed by atoms with Crippen molar-refractivity contribution in [2.45, 2.75) is 19.4 Å². The lowest BCUT2D eigenvalue weighted by molar-refractivity contribution is 0.186. The van der Waals surface area contributed by atoms with Crippen molar-refractivity contribution in [1.29, 1.82) is 0 Å². The molecule has 1 N–H and O–H groups in total. The van der Waals surface area contributed by atoms with Crippen LogP contribution in [0.15, 0.2) is 12.1 Å². The van der Waals surface area contributed by atoms with Gasteiger partial charge < -0.3 is 14.6 Å². The largest absolute Gasteiger partial charge is 0.490 e. The van der Waals surface area contributed by atoms with Crippen molar-refractivity contribution in [2.75, 3.05) is 13.2 Å². The van der Waals surface area contributed by atoms with Crippen LogP contribution in [0.5, 0.6) is 11.5 Å². The quantitative estimate of drug-likeness (QED) is 0.774. The van der Waals surface area contributed by atoms with Crippen LogP contribution in [0.1, 0.15) is 25.0 Å². The first-order chi connectivity index (χ1) is 7.20. The molecule has 0 saturated carbocycles. The maximum Gasteiger partial charge on any atom is 0.169 e. The molecular weight excluding hydrogens is 199 g/mol. The van der Waals surface area contributed by atoms with Gasteiger partial charge in [0.1, 0.15) is 5.82 Å². The van der Waals surface area contributed by atoms with Gasteiger partial charge in [-0.25, -0.2) is 4.39 Å². The molecule has 0 aliphatic carbocycles. The second kappa shape index (κ2) is 4.06. The Labute approximate surface area is 87.4 Å². The summed E-state index contributed by atoms with van der Waals surface area (Å²) in [6.45, 7) is 2.54. The number of benzene rings is 1. The van der Waals surface area contributed by atoms with Crippen LogP contribution >= 0.6 is 0 Å². The molecule has 82 valence electrons. The number of fused-ring (bicyclic) bond motifs is 1. The molecule has 1 atom stereocenters. The number of hydrogen-bond acceptors (Lipinski definition) is 3. The Balaban J connectivity index is 2.51. The molecule has 15 heavy (non-hydrogen) atoms. The van der Waals surface area contributed by atoms with Crippen molar-refractivity contribution >= 4 is 0 Å². The fourth-order valence-corrected chi connectivity index (χ4v) is 1.62. The topological polar surface area (TPSA) is 38.7 Å². The smallest absolute Gasteiger partial charge is 0.169 e. The van der Waals surface area contributed by atoms with E-state index in [-0.39, 0.29) is 5.56 Å². The van der Waals surface area contributed by atoms with E-state index in [4.69, 9.17) is 9.47 Å². The molecule has 4 heteroatoms. The third-order valence-corrected chi connectivity index (χ3v) is 2.32. The van der Waals surface area contributed by atoms with Gasteiger partial charge in [-0.05, 0) is 19.1 Å². The zero-order chi connectivity index (χ0) is 10.8. The van der Waals surface area contributed by atoms with Crippen LogP contribution in [-0.2, 0) is 0 Å². The Hall–Kier alpha value is -1.29. The average Bonchev–Trinajstić information content (AvgIpc) is 2.41. The zero-order valence-corrected chi connectivity index (χ0v) is 8.50. The number of rotatable bonds is 1. The van der Waals surface area contributed by atoms with Gasteiger partial charge >= 0.3 is 0 Å². The van der Waals surface area contributed by atoms with Crippen molar-refractivity contribution < 1.29 is 19.0 Å². The van der Waals surface area contributed by atoms with Crippen LogP contribution < -0.4 is 9.47 Å². The minimum atomic E-state index is -0.901. The van der Waals surface area contributed by atoms with Crippen molar-refractivity contribution in [3.8, 4) is 11.5 Å². The lowest BCUT2D eigenvalue weighted by Gasteiger charge is -2.14. The van der Waals surface area contributed by atoms with Gasteiger partial charge in [0.15, 0.2) is 11.5 Å². The van der Waals surface area contributed by atoms with E-state index >= 15 is 0 Å². The summed E-state index contributed by atoms with van der Waals surface area (Å²) in [6, 6.07) is 2.82. The maximum atomic E-state index is 13.5. The van der Waals surface area contributed by atoms with Gasteiger partial charge in [0, 0.05) is 6.42 Å². The van der Waals surface area contributed by atoms with Gasteiger partial charge in [-0.3, -0.25) is 0 Å². The molecule has 1 aromatic carbocycles. The monoisotopic (exact) mass is 212 g/mol. The summed E-state index contributed by atoms with van der Waals surface area (Å²) in [5.41, 5.74) is 0.175. The first-order valence-corrected chi connectivity index (χ1v) is 4.96. The molecule has 2 rings (SSSR count). The highest BCUT2D eigenvalue weighted by atomic mass is 19.1. The van der Waals surface area contributed by atoms with Gasteiger partial charge in [-0.1, -0.05) is 0 Å². The Morgan fingerprint density at radius 2 is 2.07 bits per heavy atom. The lowest BCUT2D eigenvalue weighted by Crippen LogP contribution is -2.03. The number of halogens is 1. The Morgan fingerprint density at radius 1 is 1.33 bits per heavy atom. The average molecular weight is 212 g/mol. The first kappa shape index (κ1) is 10.2. The highest BCUT2D eigenvalue weighted by Gasteiger charge is 2.21. The molecule has 0 fully saturated rings. The maximum absolute atomic E-state index is 13.5. The lowest BCUT2D eigenvalue weighted by atomic mass is 10.1. The van der Waals surface area contributed by atoms with Crippen LogP contribution in [0.4, 0.5) is 4.39 Å². The fraction of sp³-hybridized carbons (Fsp3) is 0.455. The highest BCUT2D eigenvalue weighted by Crippen LogP contribution is 2.38. The Morgan fingerprint density at radius 3 is 2.80 bits per heavy atom. The minimum Gasteiger partial charge on any atom is -0.490 e. The molecule has 1 heterocycles. The summed E-state index contributed by atoms with van der Waals surface area (Å²) < 4.78 is 24.3. The molecule has 0 aromatic heterocycles. The standard InChI is InChI=1S/C11H13FO3/c1-7(13)10-8(12)3-4-9-11(10)15-6-2-5-14-9/h3-4,7,13H,2,5-6H2,1H3. The normalized spacial score (nSPS) is 17.0.